The molecule has 1 aliphatic carbocycles. The van der Waals surface area contributed by atoms with Crippen molar-refractivity contribution >= 4 is 17.6 Å². The fourth-order valence-corrected chi connectivity index (χ4v) is 4.00. The second-order valence-corrected chi connectivity index (χ2v) is 8.01. The second-order valence-electron chi connectivity index (χ2n) is 8.01. The zero-order valence-corrected chi connectivity index (χ0v) is 17.0. The summed E-state index contributed by atoms with van der Waals surface area (Å²) in [7, 11) is 0. The lowest BCUT2D eigenvalue weighted by Crippen LogP contribution is -2.47. The number of ether oxygens (including phenoxy) is 1. The lowest BCUT2D eigenvalue weighted by atomic mass is 9.83. The van der Waals surface area contributed by atoms with Crippen molar-refractivity contribution in [2.24, 2.45) is 11.8 Å². The molecule has 3 N–H and O–H groups in total. The molecule has 3 rings (SSSR count). The highest BCUT2D eigenvalue weighted by atomic mass is 16.5. The Morgan fingerprint density at radius 3 is 2.59 bits per heavy atom. The molecule has 1 saturated carbocycles. The van der Waals surface area contributed by atoms with Crippen molar-refractivity contribution < 1.29 is 4.74 Å². The van der Waals surface area contributed by atoms with Gasteiger partial charge in [-0.1, -0.05) is 19.8 Å². The summed E-state index contributed by atoms with van der Waals surface area (Å²) in [5.74, 6) is 3.75. The van der Waals surface area contributed by atoms with Gasteiger partial charge in [0.05, 0.1) is 6.61 Å². The second kappa shape index (κ2) is 10.1. The predicted octanol–water partition coefficient (Wildman–Crippen LogP) is 2.46. The summed E-state index contributed by atoms with van der Waals surface area (Å²) in [6, 6.07) is 1.89. The van der Waals surface area contributed by atoms with Gasteiger partial charge in [0, 0.05) is 51.9 Å². The van der Waals surface area contributed by atoms with Crippen LogP contribution in [-0.4, -0.2) is 67.4 Å². The van der Waals surface area contributed by atoms with Crippen LogP contribution in [0.15, 0.2) is 6.07 Å². The topological polar surface area (TPSA) is 79.5 Å². The van der Waals surface area contributed by atoms with Crippen molar-refractivity contribution in [3.8, 4) is 0 Å². The van der Waals surface area contributed by atoms with Gasteiger partial charge in [-0.2, -0.15) is 9.97 Å². The molecule has 0 spiro atoms. The van der Waals surface area contributed by atoms with Gasteiger partial charge >= 0.3 is 0 Å². The summed E-state index contributed by atoms with van der Waals surface area (Å²) in [5.41, 5.74) is 6.06. The first kappa shape index (κ1) is 20.1. The van der Waals surface area contributed by atoms with E-state index in [1.807, 2.05) is 13.0 Å². The Hall–Kier alpha value is -1.60. The highest BCUT2D eigenvalue weighted by Gasteiger charge is 2.20. The molecule has 2 aliphatic rings. The van der Waals surface area contributed by atoms with Gasteiger partial charge in [0.25, 0.3) is 0 Å². The van der Waals surface area contributed by atoms with Crippen LogP contribution in [0.5, 0.6) is 0 Å². The lowest BCUT2D eigenvalue weighted by Gasteiger charge is -2.35. The van der Waals surface area contributed by atoms with Gasteiger partial charge in [0.15, 0.2) is 0 Å². The van der Waals surface area contributed by atoms with Crippen molar-refractivity contribution in [1.82, 2.24) is 14.9 Å². The lowest BCUT2D eigenvalue weighted by molar-refractivity contribution is 0.111. The van der Waals surface area contributed by atoms with E-state index in [0.29, 0.717) is 11.8 Å². The number of nitrogens with two attached hydrogens (primary N) is 1. The van der Waals surface area contributed by atoms with Crippen molar-refractivity contribution in [2.75, 3.05) is 68.4 Å². The third-order valence-electron chi connectivity index (χ3n) is 5.87. The smallest absolute Gasteiger partial charge is 0.226 e. The summed E-state index contributed by atoms with van der Waals surface area (Å²) in [5, 5.41) is 3.44. The quantitative estimate of drug-likeness (QED) is 0.675. The maximum absolute atomic E-state index is 6.06. The molecule has 7 heteroatoms. The molecule has 1 aromatic rings. The number of hydrogen-bond donors (Lipinski definition) is 2. The maximum Gasteiger partial charge on any atom is 0.226 e. The minimum Gasteiger partial charge on any atom is -0.383 e. The van der Waals surface area contributed by atoms with Crippen LogP contribution in [-0.2, 0) is 4.74 Å². The van der Waals surface area contributed by atoms with E-state index in [9.17, 15) is 0 Å². The Kier molecular flexibility index (Phi) is 7.52. The Morgan fingerprint density at radius 1 is 1.15 bits per heavy atom. The maximum atomic E-state index is 6.06. The molecule has 0 aromatic carbocycles. The molecular weight excluding hydrogens is 340 g/mol. The average molecular weight is 377 g/mol. The van der Waals surface area contributed by atoms with Gasteiger partial charge in [0.2, 0.25) is 5.95 Å². The van der Waals surface area contributed by atoms with Crippen LogP contribution < -0.4 is 16.0 Å². The average Bonchev–Trinajstić information content (AvgIpc) is 2.68. The fraction of sp³-hybridized carbons (Fsp3) is 0.800. The monoisotopic (exact) mass is 376 g/mol. The Balaban J connectivity index is 1.50. The predicted molar refractivity (Wildman–Crippen MR) is 111 cm³/mol. The van der Waals surface area contributed by atoms with Gasteiger partial charge in [-0.3, -0.25) is 4.90 Å². The summed E-state index contributed by atoms with van der Waals surface area (Å²) < 4.78 is 5.46. The standard InChI is InChI=1S/C20H36N6O/c1-3-27-13-12-25-8-10-26(11-9-25)19-14-18(21)23-20(24-19)22-15-17-6-4-16(2)5-7-17/h14,16-17H,3-13,15H2,1-2H3,(H3,21,22,23,24). The number of nitrogens with one attached hydrogen (secondary N) is 1. The van der Waals surface area contributed by atoms with Crippen LogP contribution in [0.4, 0.5) is 17.6 Å². The van der Waals surface area contributed by atoms with Crippen molar-refractivity contribution in [3.05, 3.63) is 6.07 Å². The zero-order chi connectivity index (χ0) is 19.1. The summed E-state index contributed by atoms with van der Waals surface area (Å²) in [6.07, 6.45) is 5.27. The van der Waals surface area contributed by atoms with Crippen LogP contribution in [0.25, 0.3) is 0 Å². The largest absolute Gasteiger partial charge is 0.383 e. The third kappa shape index (κ3) is 6.21. The molecular formula is C20H36N6O. The van der Waals surface area contributed by atoms with E-state index in [1.54, 1.807) is 0 Å². The SMILES string of the molecule is CCOCCN1CCN(c2cc(N)nc(NCC3CCC(C)CC3)n2)CC1. The van der Waals surface area contributed by atoms with Crippen LogP contribution in [0.3, 0.4) is 0 Å². The fourth-order valence-electron chi connectivity index (χ4n) is 4.00. The van der Waals surface area contributed by atoms with Gasteiger partial charge in [-0.25, -0.2) is 0 Å². The molecule has 7 nitrogen and oxygen atoms in total. The first-order valence-corrected chi connectivity index (χ1v) is 10.6. The minimum absolute atomic E-state index is 0.540. The Bertz CT molecular complexity index is 568. The minimum atomic E-state index is 0.540. The van der Waals surface area contributed by atoms with Gasteiger partial charge in [0.1, 0.15) is 11.6 Å². The van der Waals surface area contributed by atoms with E-state index < -0.39 is 0 Å². The Labute approximate surface area is 163 Å². The first-order valence-electron chi connectivity index (χ1n) is 10.6. The molecule has 0 amide bonds. The Morgan fingerprint density at radius 2 is 1.89 bits per heavy atom. The van der Waals surface area contributed by atoms with E-state index in [4.69, 9.17) is 15.5 Å². The van der Waals surface area contributed by atoms with Gasteiger partial charge in [-0.05, 0) is 31.6 Å². The molecule has 1 aliphatic heterocycles. The molecule has 27 heavy (non-hydrogen) atoms. The third-order valence-corrected chi connectivity index (χ3v) is 5.87. The van der Waals surface area contributed by atoms with Crippen LogP contribution >= 0.6 is 0 Å². The van der Waals surface area contributed by atoms with E-state index in [-0.39, 0.29) is 0 Å². The van der Waals surface area contributed by atoms with E-state index in [2.05, 4.69) is 27.0 Å². The molecule has 0 bridgehead atoms. The highest BCUT2D eigenvalue weighted by Crippen LogP contribution is 2.28. The van der Waals surface area contributed by atoms with Crippen molar-refractivity contribution in [2.45, 2.75) is 39.5 Å². The van der Waals surface area contributed by atoms with Gasteiger partial charge in [-0.15, -0.1) is 0 Å². The van der Waals surface area contributed by atoms with Crippen LogP contribution in [0, 0.1) is 11.8 Å². The molecule has 0 radical (unpaired) electrons. The van der Waals surface area contributed by atoms with Crippen LogP contribution in [0.2, 0.25) is 0 Å². The number of anilines is 3. The molecule has 0 atom stereocenters. The summed E-state index contributed by atoms with van der Waals surface area (Å²) in [4.78, 5) is 13.9. The molecule has 1 aromatic heterocycles. The normalized spacial score (nSPS) is 24.1. The number of aromatic nitrogens is 2. The summed E-state index contributed by atoms with van der Waals surface area (Å²) >= 11 is 0. The number of nitrogen functional groups attached to an aromatic ring is 1. The molecule has 1 saturated heterocycles. The van der Waals surface area contributed by atoms with E-state index in [1.165, 1.54) is 25.7 Å². The van der Waals surface area contributed by atoms with Crippen LogP contribution in [0.1, 0.15) is 39.5 Å². The molecule has 0 unspecified atom stereocenters. The number of nitrogens with zero attached hydrogens (tertiary/aromatic N) is 4. The summed E-state index contributed by atoms with van der Waals surface area (Å²) in [6.45, 7) is 11.9. The molecule has 152 valence electrons. The first-order chi connectivity index (χ1) is 13.1. The van der Waals surface area contributed by atoms with E-state index in [0.717, 1.165) is 70.1 Å². The van der Waals surface area contributed by atoms with E-state index >= 15 is 0 Å². The molecule has 2 fully saturated rings. The van der Waals surface area contributed by atoms with Gasteiger partial charge < -0.3 is 20.7 Å². The highest BCUT2D eigenvalue weighted by molar-refractivity contribution is 5.51. The van der Waals surface area contributed by atoms with Crippen molar-refractivity contribution in [1.29, 1.82) is 0 Å². The zero-order valence-electron chi connectivity index (χ0n) is 17.0. The number of piperazine rings is 1. The molecule has 2 heterocycles. The number of hydrogen-bond acceptors (Lipinski definition) is 7. The van der Waals surface area contributed by atoms with Crippen molar-refractivity contribution in [3.63, 3.8) is 0 Å². The number of rotatable bonds is 8.